The Morgan fingerprint density at radius 2 is 1.81 bits per heavy atom. The number of amides is 1. The maximum atomic E-state index is 12.7. The van der Waals surface area contributed by atoms with E-state index in [2.05, 4.69) is 0 Å². The number of anilines is 1. The smallest absolute Gasteiger partial charge is 0.251 e. The number of rotatable bonds is 4. The van der Waals surface area contributed by atoms with Crippen LogP contribution in [0, 0.1) is 0 Å². The SMILES string of the molecule is COc1cccc(N(C)C(=O)C(C)(N)c2ccccc2)c1. The minimum Gasteiger partial charge on any atom is -0.497 e. The summed E-state index contributed by atoms with van der Waals surface area (Å²) in [6.45, 7) is 1.72. The van der Waals surface area contributed by atoms with Crippen molar-refractivity contribution < 1.29 is 9.53 Å². The van der Waals surface area contributed by atoms with E-state index >= 15 is 0 Å². The van der Waals surface area contributed by atoms with Crippen molar-refractivity contribution >= 4 is 11.6 Å². The number of hydrogen-bond acceptors (Lipinski definition) is 3. The van der Waals surface area contributed by atoms with Crippen molar-refractivity contribution in [3.8, 4) is 5.75 Å². The highest BCUT2D eigenvalue weighted by Crippen LogP contribution is 2.25. The second-order valence-electron chi connectivity index (χ2n) is 5.13. The molecule has 1 unspecified atom stereocenters. The topological polar surface area (TPSA) is 55.6 Å². The fourth-order valence-corrected chi connectivity index (χ4v) is 2.19. The standard InChI is InChI=1S/C17H20N2O2/c1-17(18,13-8-5-4-6-9-13)16(20)19(2)14-10-7-11-15(12-14)21-3/h4-12H,18H2,1-3H3. The molecule has 2 aromatic rings. The van der Waals surface area contributed by atoms with Crippen molar-refractivity contribution in [2.45, 2.75) is 12.5 Å². The lowest BCUT2D eigenvalue weighted by molar-refractivity contribution is -0.123. The van der Waals surface area contributed by atoms with Crippen LogP contribution in [0.3, 0.4) is 0 Å². The van der Waals surface area contributed by atoms with E-state index in [1.807, 2.05) is 48.5 Å². The van der Waals surface area contributed by atoms with Gasteiger partial charge in [-0.2, -0.15) is 0 Å². The average molecular weight is 284 g/mol. The lowest BCUT2D eigenvalue weighted by atomic mass is 9.91. The summed E-state index contributed by atoms with van der Waals surface area (Å²) < 4.78 is 5.19. The third-order valence-corrected chi connectivity index (χ3v) is 3.56. The van der Waals surface area contributed by atoms with E-state index in [-0.39, 0.29) is 5.91 Å². The molecule has 0 spiro atoms. The molecule has 4 nitrogen and oxygen atoms in total. The summed E-state index contributed by atoms with van der Waals surface area (Å²) in [4.78, 5) is 14.3. The van der Waals surface area contributed by atoms with E-state index in [0.29, 0.717) is 5.75 Å². The van der Waals surface area contributed by atoms with E-state index in [0.717, 1.165) is 11.3 Å². The molecule has 0 bridgehead atoms. The number of nitrogens with two attached hydrogens (primary N) is 1. The molecule has 2 aromatic carbocycles. The zero-order valence-corrected chi connectivity index (χ0v) is 12.5. The van der Waals surface area contributed by atoms with Gasteiger partial charge in [-0.05, 0) is 24.6 Å². The normalized spacial score (nSPS) is 13.3. The van der Waals surface area contributed by atoms with Crippen molar-refractivity contribution in [3.63, 3.8) is 0 Å². The van der Waals surface area contributed by atoms with Crippen molar-refractivity contribution in [3.05, 3.63) is 60.2 Å². The Kier molecular flexibility index (Phi) is 4.29. The maximum Gasteiger partial charge on any atom is 0.251 e. The molecule has 2 rings (SSSR count). The Hall–Kier alpha value is -2.33. The molecule has 4 heteroatoms. The molecule has 0 fully saturated rings. The minimum atomic E-state index is -1.08. The average Bonchev–Trinajstić information content (AvgIpc) is 2.54. The number of methoxy groups -OCH3 is 1. The number of ether oxygens (including phenoxy) is 1. The van der Waals surface area contributed by atoms with Crippen LogP contribution in [0.2, 0.25) is 0 Å². The molecule has 0 radical (unpaired) electrons. The highest BCUT2D eigenvalue weighted by atomic mass is 16.5. The van der Waals surface area contributed by atoms with Crippen LogP contribution in [0.5, 0.6) is 5.75 Å². The van der Waals surface area contributed by atoms with Gasteiger partial charge in [-0.25, -0.2) is 0 Å². The molecule has 0 saturated carbocycles. The van der Waals surface area contributed by atoms with E-state index in [1.165, 1.54) is 0 Å². The van der Waals surface area contributed by atoms with E-state index in [1.54, 1.807) is 32.0 Å². The summed E-state index contributed by atoms with van der Waals surface area (Å²) in [6, 6.07) is 16.7. The third kappa shape index (κ3) is 3.06. The van der Waals surface area contributed by atoms with Crippen molar-refractivity contribution in [2.24, 2.45) is 5.73 Å². The fraction of sp³-hybridized carbons (Fsp3) is 0.235. The first-order chi connectivity index (χ1) is 9.96. The molecule has 21 heavy (non-hydrogen) atoms. The van der Waals surface area contributed by atoms with Crippen LogP contribution in [-0.4, -0.2) is 20.1 Å². The van der Waals surface area contributed by atoms with Crippen LogP contribution in [-0.2, 0) is 10.3 Å². The molecule has 0 heterocycles. The van der Waals surface area contributed by atoms with Gasteiger partial charge in [0, 0.05) is 18.8 Å². The first kappa shape index (κ1) is 15.1. The molecule has 0 aliphatic rings. The predicted molar refractivity (Wildman–Crippen MR) is 84.4 cm³/mol. The minimum absolute atomic E-state index is 0.179. The number of nitrogens with zero attached hydrogens (tertiary/aromatic N) is 1. The Bertz CT molecular complexity index is 624. The molecule has 0 aliphatic heterocycles. The number of carbonyl (C=O) groups is 1. The summed E-state index contributed by atoms with van der Waals surface area (Å²) in [5.74, 6) is 0.521. The lowest BCUT2D eigenvalue weighted by Crippen LogP contribution is -2.49. The lowest BCUT2D eigenvalue weighted by Gasteiger charge is -2.29. The summed E-state index contributed by atoms with van der Waals surface area (Å²) in [6.07, 6.45) is 0. The quantitative estimate of drug-likeness (QED) is 0.938. The largest absolute Gasteiger partial charge is 0.497 e. The molecule has 1 amide bonds. The molecule has 110 valence electrons. The number of hydrogen-bond donors (Lipinski definition) is 1. The van der Waals surface area contributed by atoms with Crippen molar-refractivity contribution in [1.29, 1.82) is 0 Å². The zero-order valence-electron chi connectivity index (χ0n) is 12.5. The second-order valence-corrected chi connectivity index (χ2v) is 5.13. The van der Waals surface area contributed by atoms with Gasteiger partial charge in [-0.15, -0.1) is 0 Å². The first-order valence-corrected chi connectivity index (χ1v) is 6.73. The number of benzene rings is 2. The Morgan fingerprint density at radius 3 is 2.43 bits per heavy atom. The van der Waals surface area contributed by atoms with E-state index in [9.17, 15) is 4.79 Å². The van der Waals surface area contributed by atoms with E-state index in [4.69, 9.17) is 10.5 Å². The van der Waals surface area contributed by atoms with Gasteiger partial charge >= 0.3 is 0 Å². The number of carbonyl (C=O) groups excluding carboxylic acids is 1. The summed E-state index contributed by atoms with van der Waals surface area (Å²) >= 11 is 0. The van der Waals surface area contributed by atoms with Gasteiger partial charge in [0.15, 0.2) is 0 Å². The molecular weight excluding hydrogens is 264 g/mol. The molecule has 0 aliphatic carbocycles. The molecule has 1 atom stereocenters. The first-order valence-electron chi connectivity index (χ1n) is 6.73. The van der Waals surface area contributed by atoms with Gasteiger partial charge < -0.3 is 15.4 Å². The van der Waals surface area contributed by atoms with Gasteiger partial charge in [0.2, 0.25) is 0 Å². The zero-order chi connectivity index (χ0) is 15.5. The second kappa shape index (κ2) is 5.97. The van der Waals surface area contributed by atoms with Crippen LogP contribution >= 0.6 is 0 Å². The van der Waals surface area contributed by atoms with Crippen molar-refractivity contribution in [1.82, 2.24) is 0 Å². The summed E-state index contributed by atoms with van der Waals surface area (Å²) in [7, 11) is 3.31. The van der Waals surface area contributed by atoms with Crippen molar-refractivity contribution in [2.75, 3.05) is 19.1 Å². The Morgan fingerprint density at radius 1 is 1.14 bits per heavy atom. The van der Waals surface area contributed by atoms with Gasteiger partial charge in [0.25, 0.3) is 5.91 Å². The Balaban J connectivity index is 2.30. The van der Waals surface area contributed by atoms with Gasteiger partial charge in [0.1, 0.15) is 11.3 Å². The molecule has 0 aromatic heterocycles. The predicted octanol–water partition coefficient (Wildman–Crippen LogP) is 2.53. The summed E-state index contributed by atoms with van der Waals surface area (Å²) in [5, 5.41) is 0. The van der Waals surface area contributed by atoms with Crippen LogP contribution in [0.25, 0.3) is 0 Å². The Labute approximate surface area is 125 Å². The highest BCUT2D eigenvalue weighted by molar-refractivity contribution is 6.00. The van der Waals surface area contributed by atoms with E-state index < -0.39 is 5.54 Å². The number of likely N-dealkylation sites (N-methyl/N-ethyl adjacent to an activating group) is 1. The summed E-state index contributed by atoms with van der Waals surface area (Å²) in [5.41, 5.74) is 6.71. The van der Waals surface area contributed by atoms with Gasteiger partial charge in [-0.1, -0.05) is 36.4 Å². The van der Waals surface area contributed by atoms with Crippen LogP contribution < -0.4 is 15.4 Å². The maximum absolute atomic E-state index is 12.7. The van der Waals surface area contributed by atoms with Crippen LogP contribution in [0.1, 0.15) is 12.5 Å². The van der Waals surface area contributed by atoms with Crippen LogP contribution in [0.4, 0.5) is 5.69 Å². The van der Waals surface area contributed by atoms with Gasteiger partial charge in [0.05, 0.1) is 7.11 Å². The molecule has 0 saturated heterocycles. The molecular formula is C17H20N2O2. The molecule has 2 N–H and O–H groups in total. The monoisotopic (exact) mass is 284 g/mol. The fourth-order valence-electron chi connectivity index (χ4n) is 2.19. The van der Waals surface area contributed by atoms with Crippen LogP contribution in [0.15, 0.2) is 54.6 Å². The third-order valence-electron chi connectivity index (χ3n) is 3.56. The van der Waals surface area contributed by atoms with Gasteiger partial charge in [-0.3, -0.25) is 4.79 Å². The highest BCUT2D eigenvalue weighted by Gasteiger charge is 2.33.